The normalized spacial score (nSPS) is 12.0. The van der Waals surface area contributed by atoms with Crippen molar-refractivity contribution in [1.82, 2.24) is 5.32 Å². The lowest BCUT2D eigenvalue weighted by atomic mass is 10.0. The van der Waals surface area contributed by atoms with Crippen molar-refractivity contribution in [3.8, 4) is 11.5 Å². The molecule has 0 amide bonds. The highest BCUT2D eigenvalue weighted by atomic mass is 16.5. The van der Waals surface area contributed by atoms with Gasteiger partial charge in [-0.2, -0.15) is 0 Å². The van der Waals surface area contributed by atoms with Crippen LogP contribution in [0.4, 0.5) is 0 Å². The molecule has 2 aromatic carbocycles. The highest BCUT2D eigenvalue weighted by Crippen LogP contribution is 2.28. The summed E-state index contributed by atoms with van der Waals surface area (Å²) in [6.45, 7) is 5.29. The number of rotatable bonds is 7. The third-order valence-electron chi connectivity index (χ3n) is 3.47. The molecular formula is C18H23NO2. The SMILES string of the molecule is CCOc1ccccc1OCC(NC)c1ccccc1C. The summed E-state index contributed by atoms with van der Waals surface area (Å²) >= 11 is 0. The van der Waals surface area contributed by atoms with Crippen LogP contribution in [0.15, 0.2) is 48.5 Å². The Morgan fingerprint density at radius 1 is 0.952 bits per heavy atom. The Hall–Kier alpha value is -2.00. The molecule has 2 aromatic rings. The van der Waals surface area contributed by atoms with Crippen LogP contribution in [0, 0.1) is 6.92 Å². The lowest BCUT2D eigenvalue weighted by molar-refractivity contribution is 0.250. The molecule has 0 aliphatic carbocycles. The molecule has 1 N–H and O–H groups in total. The third kappa shape index (κ3) is 3.99. The zero-order valence-electron chi connectivity index (χ0n) is 12.9. The van der Waals surface area contributed by atoms with Gasteiger partial charge in [0, 0.05) is 0 Å². The Labute approximate surface area is 126 Å². The van der Waals surface area contributed by atoms with Crippen LogP contribution in [0.2, 0.25) is 0 Å². The fourth-order valence-corrected chi connectivity index (χ4v) is 2.32. The summed E-state index contributed by atoms with van der Waals surface area (Å²) in [5.41, 5.74) is 2.52. The van der Waals surface area contributed by atoms with E-state index >= 15 is 0 Å². The molecule has 0 heterocycles. The number of para-hydroxylation sites is 2. The first-order chi connectivity index (χ1) is 10.3. The Morgan fingerprint density at radius 2 is 1.57 bits per heavy atom. The Morgan fingerprint density at radius 3 is 2.19 bits per heavy atom. The fourth-order valence-electron chi connectivity index (χ4n) is 2.32. The second-order valence-corrected chi connectivity index (χ2v) is 4.89. The van der Waals surface area contributed by atoms with Gasteiger partial charge in [-0.25, -0.2) is 0 Å². The van der Waals surface area contributed by atoms with Crippen LogP contribution >= 0.6 is 0 Å². The van der Waals surface area contributed by atoms with Crippen LogP contribution < -0.4 is 14.8 Å². The predicted octanol–water partition coefficient (Wildman–Crippen LogP) is 3.73. The summed E-state index contributed by atoms with van der Waals surface area (Å²) < 4.78 is 11.6. The fraction of sp³-hybridized carbons (Fsp3) is 0.333. The Kier molecular flexibility index (Phi) is 5.64. The maximum atomic E-state index is 5.96. The van der Waals surface area contributed by atoms with Crippen molar-refractivity contribution in [2.45, 2.75) is 19.9 Å². The van der Waals surface area contributed by atoms with E-state index in [-0.39, 0.29) is 6.04 Å². The third-order valence-corrected chi connectivity index (χ3v) is 3.47. The van der Waals surface area contributed by atoms with Crippen molar-refractivity contribution < 1.29 is 9.47 Å². The molecule has 0 aliphatic rings. The van der Waals surface area contributed by atoms with E-state index in [2.05, 4.69) is 36.5 Å². The van der Waals surface area contributed by atoms with Gasteiger partial charge in [-0.1, -0.05) is 36.4 Å². The minimum Gasteiger partial charge on any atom is -0.490 e. The summed E-state index contributed by atoms with van der Waals surface area (Å²) in [6, 6.07) is 16.3. The van der Waals surface area contributed by atoms with Crippen molar-refractivity contribution in [3.05, 3.63) is 59.7 Å². The molecule has 0 aliphatic heterocycles. The van der Waals surface area contributed by atoms with Crippen LogP contribution in [0.5, 0.6) is 11.5 Å². The smallest absolute Gasteiger partial charge is 0.161 e. The van der Waals surface area contributed by atoms with Crippen LogP contribution in [-0.2, 0) is 0 Å². The van der Waals surface area contributed by atoms with Gasteiger partial charge in [0.2, 0.25) is 0 Å². The molecule has 0 saturated carbocycles. The quantitative estimate of drug-likeness (QED) is 0.840. The van der Waals surface area contributed by atoms with E-state index in [0.717, 1.165) is 11.5 Å². The molecule has 0 spiro atoms. The number of hydrogen-bond donors (Lipinski definition) is 1. The minimum absolute atomic E-state index is 0.154. The summed E-state index contributed by atoms with van der Waals surface area (Å²) in [5.74, 6) is 1.58. The molecule has 3 heteroatoms. The van der Waals surface area contributed by atoms with E-state index in [1.165, 1.54) is 11.1 Å². The van der Waals surface area contributed by atoms with E-state index in [1.54, 1.807) is 0 Å². The lowest BCUT2D eigenvalue weighted by Crippen LogP contribution is -2.24. The zero-order chi connectivity index (χ0) is 15.1. The van der Waals surface area contributed by atoms with Crippen molar-refractivity contribution in [3.63, 3.8) is 0 Å². The topological polar surface area (TPSA) is 30.5 Å². The van der Waals surface area contributed by atoms with Gasteiger partial charge in [0.1, 0.15) is 6.61 Å². The lowest BCUT2D eigenvalue weighted by Gasteiger charge is -2.20. The first kappa shape index (κ1) is 15.4. The van der Waals surface area contributed by atoms with Gasteiger partial charge in [0.25, 0.3) is 0 Å². The first-order valence-corrected chi connectivity index (χ1v) is 7.33. The van der Waals surface area contributed by atoms with E-state index in [0.29, 0.717) is 13.2 Å². The molecule has 0 fully saturated rings. The van der Waals surface area contributed by atoms with Gasteiger partial charge in [-0.15, -0.1) is 0 Å². The molecular weight excluding hydrogens is 262 g/mol. The number of nitrogens with one attached hydrogen (secondary N) is 1. The van der Waals surface area contributed by atoms with Gasteiger partial charge in [0.05, 0.1) is 12.6 Å². The highest BCUT2D eigenvalue weighted by Gasteiger charge is 2.13. The summed E-state index contributed by atoms with van der Waals surface area (Å²) in [6.07, 6.45) is 0. The second kappa shape index (κ2) is 7.70. The molecule has 1 atom stereocenters. The van der Waals surface area contributed by atoms with E-state index in [4.69, 9.17) is 9.47 Å². The van der Waals surface area contributed by atoms with Crippen molar-refractivity contribution in [2.75, 3.05) is 20.3 Å². The molecule has 21 heavy (non-hydrogen) atoms. The molecule has 0 radical (unpaired) electrons. The van der Waals surface area contributed by atoms with E-state index in [1.807, 2.05) is 38.2 Å². The molecule has 0 aromatic heterocycles. The van der Waals surface area contributed by atoms with Gasteiger partial charge in [0.15, 0.2) is 11.5 Å². The van der Waals surface area contributed by atoms with Crippen molar-refractivity contribution in [1.29, 1.82) is 0 Å². The van der Waals surface area contributed by atoms with Gasteiger partial charge in [-0.05, 0) is 44.2 Å². The van der Waals surface area contributed by atoms with Gasteiger partial charge < -0.3 is 14.8 Å². The van der Waals surface area contributed by atoms with Crippen LogP contribution in [-0.4, -0.2) is 20.3 Å². The Balaban J connectivity index is 2.09. The molecule has 2 rings (SSSR count). The highest BCUT2D eigenvalue weighted by molar-refractivity contribution is 5.39. The molecule has 0 bridgehead atoms. The van der Waals surface area contributed by atoms with Crippen molar-refractivity contribution in [2.24, 2.45) is 0 Å². The molecule has 112 valence electrons. The predicted molar refractivity (Wildman–Crippen MR) is 86.1 cm³/mol. The number of aryl methyl sites for hydroxylation is 1. The summed E-state index contributed by atoms with van der Waals surface area (Å²) in [5, 5.41) is 3.32. The molecule has 3 nitrogen and oxygen atoms in total. The monoisotopic (exact) mass is 285 g/mol. The zero-order valence-corrected chi connectivity index (χ0v) is 12.9. The largest absolute Gasteiger partial charge is 0.490 e. The molecule has 0 saturated heterocycles. The van der Waals surface area contributed by atoms with Crippen molar-refractivity contribution >= 4 is 0 Å². The van der Waals surface area contributed by atoms with Gasteiger partial charge >= 0.3 is 0 Å². The summed E-state index contributed by atoms with van der Waals surface area (Å²) in [7, 11) is 1.95. The van der Waals surface area contributed by atoms with Crippen LogP contribution in [0.1, 0.15) is 24.1 Å². The second-order valence-electron chi connectivity index (χ2n) is 4.89. The van der Waals surface area contributed by atoms with Crippen LogP contribution in [0.25, 0.3) is 0 Å². The average Bonchev–Trinajstić information content (AvgIpc) is 2.51. The number of likely N-dealkylation sites (N-methyl/N-ethyl adjacent to an activating group) is 1. The van der Waals surface area contributed by atoms with E-state index < -0.39 is 0 Å². The minimum atomic E-state index is 0.154. The standard InChI is InChI=1S/C18H23NO2/c1-4-20-17-11-7-8-12-18(17)21-13-16(19-3)15-10-6-5-9-14(15)2/h5-12,16,19H,4,13H2,1-3H3. The number of hydrogen-bond acceptors (Lipinski definition) is 3. The van der Waals surface area contributed by atoms with E-state index in [9.17, 15) is 0 Å². The molecule has 1 unspecified atom stereocenters. The first-order valence-electron chi connectivity index (χ1n) is 7.33. The number of benzene rings is 2. The maximum Gasteiger partial charge on any atom is 0.161 e. The van der Waals surface area contributed by atoms with Crippen LogP contribution in [0.3, 0.4) is 0 Å². The maximum absolute atomic E-state index is 5.96. The average molecular weight is 285 g/mol. The Bertz CT molecular complexity index is 569. The number of ether oxygens (including phenoxy) is 2. The summed E-state index contributed by atoms with van der Waals surface area (Å²) in [4.78, 5) is 0. The van der Waals surface area contributed by atoms with Gasteiger partial charge in [-0.3, -0.25) is 0 Å².